The molecule has 0 fully saturated rings. The van der Waals surface area contributed by atoms with E-state index >= 15 is 0 Å². The summed E-state index contributed by atoms with van der Waals surface area (Å²) in [7, 11) is 0. The molecule has 2 heteroatoms. The first-order valence-electron chi connectivity index (χ1n) is 5.12. The Bertz CT molecular complexity index is 113. The SMILES string of the molecule is [CH2-]CCCC(=O)CCCCCC.[Y]. The molecule has 0 spiro atoms. The standard InChI is InChI=1S/C11H21O.Y/c1-3-5-7-8-10-11(12)9-6-4-2;/h2-10H2,1H3;/q-1;. The van der Waals surface area contributed by atoms with E-state index in [2.05, 4.69) is 13.8 Å². The summed E-state index contributed by atoms with van der Waals surface area (Å²) in [6, 6.07) is 0. The molecule has 0 saturated heterocycles. The molecule has 0 aromatic heterocycles. The summed E-state index contributed by atoms with van der Waals surface area (Å²) >= 11 is 0. The van der Waals surface area contributed by atoms with Gasteiger partial charge in [0.2, 0.25) is 0 Å². The quantitative estimate of drug-likeness (QED) is 0.481. The van der Waals surface area contributed by atoms with Crippen LogP contribution in [0.15, 0.2) is 0 Å². The maximum atomic E-state index is 11.1. The third-order valence-corrected chi connectivity index (χ3v) is 2.01. The number of unbranched alkanes of at least 4 members (excludes halogenated alkanes) is 4. The molecule has 0 aromatic carbocycles. The maximum absolute atomic E-state index is 11.1. The van der Waals surface area contributed by atoms with Gasteiger partial charge in [0.25, 0.3) is 0 Å². The monoisotopic (exact) mass is 258 g/mol. The van der Waals surface area contributed by atoms with Crippen LogP contribution in [0.25, 0.3) is 0 Å². The molecule has 0 aliphatic heterocycles. The Kier molecular flexibility index (Phi) is 15.9. The third-order valence-electron chi connectivity index (χ3n) is 2.01. The Morgan fingerprint density at radius 3 is 2.23 bits per heavy atom. The molecule has 0 unspecified atom stereocenters. The average Bonchev–Trinajstić information content (AvgIpc) is 2.09. The van der Waals surface area contributed by atoms with Crippen LogP contribution >= 0.6 is 0 Å². The number of rotatable bonds is 8. The van der Waals surface area contributed by atoms with Crippen molar-refractivity contribution in [3.05, 3.63) is 6.92 Å². The molecule has 0 heterocycles. The zero-order valence-corrected chi connectivity index (χ0v) is 11.7. The smallest absolute Gasteiger partial charge is 0.132 e. The van der Waals surface area contributed by atoms with E-state index in [1.54, 1.807) is 0 Å². The van der Waals surface area contributed by atoms with Gasteiger partial charge in [0.15, 0.2) is 0 Å². The molecule has 75 valence electrons. The van der Waals surface area contributed by atoms with Gasteiger partial charge in [-0.1, -0.05) is 32.6 Å². The number of ketones is 1. The summed E-state index contributed by atoms with van der Waals surface area (Å²) in [6.07, 6.45) is 8.20. The van der Waals surface area contributed by atoms with Crippen LogP contribution in [0, 0.1) is 6.92 Å². The van der Waals surface area contributed by atoms with Crippen molar-refractivity contribution in [3.8, 4) is 0 Å². The van der Waals surface area contributed by atoms with Gasteiger partial charge in [0.05, 0.1) is 0 Å². The summed E-state index contributed by atoms with van der Waals surface area (Å²) in [5.41, 5.74) is 0. The van der Waals surface area contributed by atoms with Gasteiger partial charge in [-0.05, 0) is 6.42 Å². The topological polar surface area (TPSA) is 17.1 Å². The molecule has 1 nitrogen and oxygen atoms in total. The fourth-order valence-electron chi connectivity index (χ4n) is 1.20. The summed E-state index contributed by atoms with van der Waals surface area (Å²) in [5, 5.41) is 0. The van der Waals surface area contributed by atoms with Gasteiger partial charge in [-0.3, -0.25) is 4.79 Å². The third kappa shape index (κ3) is 12.8. The van der Waals surface area contributed by atoms with E-state index < -0.39 is 0 Å². The molecule has 13 heavy (non-hydrogen) atoms. The first kappa shape index (κ1) is 16.2. The van der Waals surface area contributed by atoms with Crippen LogP contribution < -0.4 is 0 Å². The molecule has 0 aromatic rings. The fraction of sp³-hybridized carbons (Fsp3) is 0.818. The first-order chi connectivity index (χ1) is 5.81. The van der Waals surface area contributed by atoms with E-state index in [1.165, 1.54) is 19.3 Å². The van der Waals surface area contributed by atoms with E-state index in [1.807, 2.05) is 0 Å². The molecule has 0 rings (SSSR count). The molecule has 0 amide bonds. The van der Waals surface area contributed by atoms with E-state index in [0.29, 0.717) is 5.78 Å². The zero-order chi connectivity index (χ0) is 9.23. The van der Waals surface area contributed by atoms with Gasteiger partial charge >= 0.3 is 0 Å². The zero-order valence-electron chi connectivity index (χ0n) is 8.85. The summed E-state index contributed by atoms with van der Waals surface area (Å²) in [4.78, 5) is 11.1. The van der Waals surface area contributed by atoms with Crippen molar-refractivity contribution >= 4 is 5.78 Å². The van der Waals surface area contributed by atoms with Crippen LogP contribution in [0.4, 0.5) is 0 Å². The van der Waals surface area contributed by atoms with Crippen LogP contribution in [0.2, 0.25) is 0 Å². The number of carbonyl (C=O) groups excluding carboxylic acids is 1. The Morgan fingerprint density at radius 1 is 1.08 bits per heavy atom. The predicted molar refractivity (Wildman–Crippen MR) is 53.0 cm³/mol. The van der Waals surface area contributed by atoms with E-state index in [-0.39, 0.29) is 32.7 Å². The Hall–Kier alpha value is 0.774. The minimum absolute atomic E-state index is 0. The largest absolute Gasteiger partial charge is 0.343 e. The van der Waals surface area contributed by atoms with Crippen LogP contribution in [-0.2, 0) is 37.5 Å². The van der Waals surface area contributed by atoms with Crippen molar-refractivity contribution in [1.82, 2.24) is 0 Å². The minimum Gasteiger partial charge on any atom is -0.343 e. The van der Waals surface area contributed by atoms with Crippen molar-refractivity contribution in [2.75, 3.05) is 0 Å². The Labute approximate surface area is 108 Å². The van der Waals surface area contributed by atoms with Gasteiger partial charge in [0.1, 0.15) is 5.78 Å². The van der Waals surface area contributed by atoms with Crippen molar-refractivity contribution in [1.29, 1.82) is 0 Å². The number of Topliss-reactive ketones (excluding diaryl/α,β-unsaturated/α-hetero) is 1. The van der Waals surface area contributed by atoms with Gasteiger partial charge < -0.3 is 6.92 Å². The molecule has 0 saturated carbocycles. The Balaban J connectivity index is 0. The minimum atomic E-state index is 0. The van der Waals surface area contributed by atoms with Gasteiger partial charge in [-0.2, -0.15) is 6.42 Å². The van der Waals surface area contributed by atoms with Crippen LogP contribution in [0.1, 0.15) is 58.3 Å². The van der Waals surface area contributed by atoms with Crippen LogP contribution in [-0.4, -0.2) is 5.78 Å². The second-order valence-electron chi connectivity index (χ2n) is 3.31. The molecule has 0 aliphatic carbocycles. The second-order valence-corrected chi connectivity index (χ2v) is 3.31. The molecular weight excluding hydrogens is 237 g/mol. The second kappa shape index (κ2) is 12.8. The summed E-state index contributed by atoms with van der Waals surface area (Å²) < 4.78 is 0. The van der Waals surface area contributed by atoms with Gasteiger partial charge in [0, 0.05) is 45.6 Å². The average molecular weight is 258 g/mol. The van der Waals surface area contributed by atoms with Gasteiger partial charge in [-0.15, -0.1) is 0 Å². The van der Waals surface area contributed by atoms with Gasteiger partial charge in [-0.25, -0.2) is 0 Å². The molecule has 0 atom stereocenters. The Morgan fingerprint density at radius 2 is 1.69 bits per heavy atom. The normalized spacial score (nSPS) is 9.38. The fourth-order valence-corrected chi connectivity index (χ4v) is 1.20. The summed E-state index contributed by atoms with van der Waals surface area (Å²) in [5.74, 6) is 0.426. The number of carbonyl (C=O) groups is 1. The van der Waals surface area contributed by atoms with E-state index in [0.717, 1.165) is 32.1 Å². The van der Waals surface area contributed by atoms with Crippen molar-refractivity contribution in [2.45, 2.75) is 58.3 Å². The first-order valence-corrected chi connectivity index (χ1v) is 5.12. The number of hydrogen-bond donors (Lipinski definition) is 0. The van der Waals surface area contributed by atoms with Crippen molar-refractivity contribution < 1.29 is 37.5 Å². The van der Waals surface area contributed by atoms with Crippen molar-refractivity contribution in [3.63, 3.8) is 0 Å². The van der Waals surface area contributed by atoms with Crippen molar-refractivity contribution in [2.24, 2.45) is 0 Å². The molecule has 0 aliphatic rings. The maximum Gasteiger partial charge on any atom is 0.132 e. The molecule has 0 bridgehead atoms. The number of hydrogen-bond acceptors (Lipinski definition) is 1. The predicted octanol–water partition coefficient (Wildman–Crippen LogP) is 3.53. The summed E-state index contributed by atoms with van der Waals surface area (Å²) in [6.45, 7) is 5.90. The molecule has 1 radical (unpaired) electrons. The molecule has 0 N–H and O–H groups in total. The van der Waals surface area contributed by atoms with E-state index in [9.17, 15) is 4.79 Å². The van der Waals surface area contributed by atoms with E-state index in [4.69, 9.17) is 0 Å². The van der Waals surface area contributed by atoms with Crippen LogP contribution in [0.5, 0.6) is 0 Å². The van der Waals surface area contributed by atoms with Crippen LogP contribution in [0.3, 0.4) is 0 Å². The molecular formula is C11H21OY-.